The maximum absolute atomic E-state index is 11.5. The maximum atomic E-state index is 11.5. The van der Waals surface area contributed by atoms with Crippen LogP contribution in [0.4, 0.5) is 5.69 Å². The van der Waals surface area contributed by atoms with Crippen molar-refractivity contribution < 1.29 is 16.8 Å². The normalized spacial score (nSPS) is 12.7. The lowest BCUT2D eigenvalue weighted by molar-refractivity contribution is 0.608. The molecule has 102 valence electrons. The molecule has 0 aliphatic heterocycles. The van der Waals surface area contributed by atoms with E-state index in [1.54, 1.807) is 0 Å². The Morgan fingerprint density at radius 3 is 1.95 bits per heavy atom. The SMILES string of the molecule is Nc1cc(S(=O)(=O)Cl)c2cccc(S(=O)(=O)Cl)c2c1. The Balaban J connectivity index is 3.07. The van der Waals surface area contributed by atoms with Crippen LogP contribution in [0.1, 0.15) is 0 Å². The molecule has 2 aromatic carbocycles. The molecule has 0 bridgehead atoms. The van der Waals surface area contributed by atoms with Gasteiger partial charge in [0.2, 0.25) is 0 Å². The summed E-state index contributed by atoms with van der Waals surface area (Å²) in [5.74, 6) is 0. The quantitative estimate of drug-likeness (QED) is 0.668. The molecule has 2 aromatic rings. The van der Waals surface area contributed by atoms with E-state index in [1.165, 1.54) is 24.3 Å². The molecule has 0 fully saturated rings. The molecule has 5 nitrogen and oxygen atoms in total. The zero-order valence-electron chi connectivity index (χ0n) is 9.17. The zero-order chi connectivity index (χ0) is 14.4. The first-order chi connectivity index (χ1) is 8.60. The van der Waals surface area contributed by atoms with Gasteiger partial charge in [-0.1, -0.05) is 12.1 Å². The van der Waals surface area contributed by atoms with Gasteiger partial charge in [-0.15, -0.1) is 0 Å². The molecule has 2 rings (SSSR count). The van der Waals surface area contributed by atoms with Gasteiger partial charge in [0.25, 0.3) is 18.1 Å². The molecule has 0 spiro atoms. The summed E-state index contributed by atoms with van der Waals surface area (Å²) < 4.78 is 45.9. The summed E-state index contributed by atoms with van der Waals surface area (Å²) in [7, 11) is 2.53. The Hall–Kier alpha value is -1.02. The molecular formula is C10H7Cl2NO4S2. The molecule has 0 heterocycles. The van der Waals surface area contributed by atoms with Gasteiger partial charge in [-0.3, -0.25) is 0 Å². The van der Waals surface area contributed by atoms with Gasteiger partial charge in [0, 0.05) is 37.8 Å². The Morgan fingerprint density at radius 1 is 0.842 bits per heavy atom. The van der Waals surface area contributed by atoms with E-state index >= 15 is 0 Å². The lowest BCUT2D eigenvalue weighted by Gasteiger charge is -2.08. The van der Waals surface area contributed by atoms with Crippen LogP contribution in [0.15, 0.2) is 40.1 Å². The van der Waals surface area contributed by atoms with Crippen molar-refractivity contribution in [2.24, 2.45) is 0 Å². The number of nitrogens with two attached hydrogens (primary N) is 1. The molecule has 0 saturated heterocycles. The second-order valence-electron chi connectivity index (χ2n) is 3.75. The number of rotatable bonds is 2. The first-order valence-corrected chi connectivity index (χ1v) is 9.44. The molecule has 0 saturated carbocycles. The van der Waals surface area contributed by atoms with E-state index in [9.17, 15) is 16.8 Å². The fourth-order valence-electron chi connectivity index (χ4n) is 1.76. The first kappa shape index (κ1) is 14.4. The molecule has 0 unspecified atom stereocenters. The largest absolute Gasteiger partial charge is 0.399 e. The molecule has 2 N–H and O–H groups in total. The molecule has 9 heteroatoms. The van der Waals surface area contributed by atoms with Gasteiger partial charge < -0.3 is 5.73 Å². The minimum absolute atomic E-state index is 0.0690. The van der Waals surface area contributed by atoms with Gasteiger partial charge in [0.05, 0.1) is 9.79 Å². The number of hydrogen-bond acceptors (Lipinski definition) is 5. The van der Waals surface area contributed by atoms with Crippen molar-refractivity contribution in [3.63, 3.8) is 0 Å². The standard InChI is InChI=1S/C10H7Cl2NO4S2/c11-18(14,15)9-3-1-2-7-8(9)4-6(13)5-10(7)19(12,16)17/h1-5H,13H2. The van der Waals surface area contributed by atoms with Crippen LogP contribution in [0, 0.1) is 0 Å². The summed E-state index contributed by atoms with van der Waals surface area (Å²) in [4.78, 5) is -0.480. The van der Waals surface area contributed by atoms with Gasteiger partial charge >= 0.3 is 0 Å². The third-order valence-corrected chi connectivity index (χ3v) is 5.21. The van der Waals surface area contributed by atoms with Crippen LogP contribution in [0.2, 0.25) is 0 Å². The summed E-state index contributed by atoms with van der Waals surface area (Å²) in [5, 5.41) is 0.252. The van der Waals surface area contributed by atoms with Crippen LogP contribution in [0.25, 0.3) is 10.8 Å². The predicted molar refractivity (Wildman–Crippen MR) is 74.4 cm³/mol. The van der Waals surface area contributed by atoms with Crippen molar-refractivity contribution >= 4 is 55.9 Å². The average Bonchev–Trinajstić information content (AvgIpc) is 2.24. The number of nitrogen functional groups attached to an aromatic ring is 1. The van der Waals surface area contributed by atoms with Crippen LogP contribution in [0.5, 0.6) is 0 Å². The van der Waals surface area contributed by atoms with E-state index < -0.39 is 18.1 Å². The van der Waals surface area contributed by atoms with Crippen molar-refractivity contribution in [1.82, 2.24) is 0 Å². The second kappa shape index (κ2) is 4.52. The summed E-state index contributed by atoms with van der Waals surface area (Å²) in [6.45, 7) is 0. The van der Waals surface area contributed by atoms with E-state index in [4.69, 9.17) is 27.1 Å². The first-order valence-electron chi connectivity index (χ1n) is 4.82. The molecule has 0 radical (unpaired) electrons. The van der Waals surface area contributed by atoms with Gasteiger partial charge in [-0.25, -0.2) is 16.8 Å². The highest BCUT2D eigenvalue weighted by molar-refractivity contribution is 8.14. The summed E-state index contributed by atoms with van der Waals surface area (Å²) >= 11 is 0. The van der Waals surface area contributed by atoms with Gasteiger partial charge in [0.1, 0.15) is 0 Å². The lowest BCUT2D eigenvalue weighted by Crippen LogP contribution is -1.99. The predicted octanol–water partition coefficient (Wildman–Crippen LogP) is 2.28. The van der Waals surface area contributed by atoms with Crippen LogP contribution < -0.4 is 5.73 Å². The van der Waals surface area contributed by atoms with Gasteiger partial charge in [0.15, 0.2) is 0 Å². The lowest BCUT2D eigenvalue weighted by atomic mass is 10.1. The van der Waals surface area contributed by atoms with Crippen LogP contribution in [-0.4, -0.2) is 16.8 Å². The Kier molecular flexibility index (Phi) is 3.42. The van der Waals surface area contributed by atoms with Crippen LogP contribution in [0.3, 0.4) is 0 Å². The van der Waals surface area contributed by atoms with Gasteiger partial charge in [-0.05, 0) is 18.2 Å². The van der Waals surface area contributed by atoms with Crippen molar-refractivity contribution in [3.05, 3.63) is 30.3 Å². The fraction of sp³-hybridized carbons (Fsp3) is 0. The van der Waals surface area contributed by atoms with E-state index in [0.717, 1.165) is 6.07 Å². The summed E-state index contributed by atoms with van der Waals surface area (Å²) in [6.07, 6.45) is 0. The minimum atomic E-state index is -4.06. The van der Waals surface area contributed by atoms with Gasteiger partial charge in [-0.2, -0.15) is 0 Å². The fourth-order valence-corrected chi connectivity index (χ4v) is 3.94. The molecule has 0 atom stereocenters. The number of fused-ring (bicyclic) bond motifs is 1. The zero-order valence-corrected chi connectivity index (χ0v) is 12.3. The van der Waals surface area contributed by atoms with Crippen molar-refractivity contribution in [3.8, 4) is 0 Å². The molecule has 0 aromatic heterocycles. The highest BCUT2D eigenvalue weighted by Crippen LogP contribution is 2.33. The highest BCUT2D eigenvalue weighted by Gasteiger charge is 2.20. The molecular weight excluding hydrogens is 333 g/mol. The topological polar surface area (TPSA) is 94.3 Å². The van der Waals surface area contributed by atoms with Crippen molar-refractivity contribution in [2.75, 3.05) is 5.73 Å². The van der Waals surface area contributed by atoms with E-state index in [1.807, 2.05) is 0 Å². The third kappa shape index (κ3) is 2.79. The van der Waals surface area contributed by atoms with Crippen molar-refractivity contribution in [2.45, 2.75) is 9.79 Å². The third-order valence-electron chi connectivity index (χ3n) is 2.47. The van der Waals surface area contributed by atoms with E-state index in [-0.39, 0.29) is 26.3 Å². The van der Waals surface area contributed by atoms with Crippen molar-refractivity contribution in [1.29, 1.82) is 0 Å². The molecule has 0 aliphatic carbocycles. The number of hydrogen-bond donors (Lipinski definition) is 1. The molecule has 19 heavy (non-hydrogen) atoms. The van der Waals surface area contributed by atoms with Crippen LogP contribution >= 0.6 is 21.4 Å². The molecule has 0 aliphatic rings. The van der Waals surface area contributed by atoms with E-state index in [2.05, 4.69) is 0 Å². The second-order valence-corrected chi connectivity index (χ2v) is 8.81. The molecule has 0 amide bonds. The number of halogens is 2. The summed E-state index contributed by atoms with van der Waals surface area (Å²) in [6, 6.07) is 6.55. The maximum Gasteiger partial charge on any atom is 0.262 e. The van der Waals surface area contributed by atoms with Crippen LogP contribution in [-0.2, 0) is 18.1 Å². The highest BCUT2D eigenvalue weighted by atomic mass is 35.7. The minimum Gasteiger partial charge on any atom is -0.399 e. The Bertz CT molecular complexity index is 876. The summed E-state index contributed by atoms with van der Waals surface area (Å²) in [5.41, 5.74) is 5.64. The van der Waals surface area contributed by atoms with E-state index in [0.29, 0.717) is 0 Å². The monoisotopic (exact) mass is 339 g/mol. The Morgan fingerprint density at radius 2 is 1.42 bits per heavy atom. The number of anilines is 1. The average molecular weight is 340 g/mol. The smallest absolute Gasteiger partial charge is 0.262 e. The number of benzene rings is 2. The Labute approximate surface area is 118 Å².